The van der Waals surface area contributed by atoms with E-state index in [0.717, 1.165) is 96.3 Å². The van der Waals surface area contributed by atoms with Crippen LogP contribution in [0.2, 0.25) is 0 Å². The van der Waals surface area contributed by atoms with Crippen molar-refractivity contribution < 1.29 is 28.6 Å². The number of rotatable bonds is 57. The highest BCUT2D eigenvalue weighted by atomic mass is 16.6. The van der Waals surface area contributed by atoms with E-state index in [1.54, 1.807) is 0 Å². The maximum atomic E-state index is 12.8. The van der Waals surface area contributed by atoms with Gasteiger partial charge in [-0.3, -0.25) is 14.4 Å². The first-order valence-corrected chi connectivity index (χ1v) is 31.3. The lowest BCUT2D eigenvalue weighted by atomic mass is 10.0. The van der Waals surface area contributed by atoms with Crippen molar-refractivity contribution in [3.63, 3.8) is 0 Å². The first-order chi connectivity index (χ1) is 35.5. The Kier molecular flexibility index (Phi) is 58.2. The third-order valence-electron chi connectivity index (χ3n) is 13.7. The zero-order valence-electron chi connectivity index (χ0n) is 47.9. The van der Waals surface area contributed by atoms with Gasteiger partial charge >= 0.3 is 17.9 Å². The monoisotopic (exact) mass is 1010 g/mol. The van der Waals surface area contributed by atoms with E-state index in [-0.39, 0.29) is 31.1 Å². The smallest absolute Gasteiger partial charge is 0.306 e. The van der Waals surface area contributed by atoms with E-state index in [9.17, 15) is 14.4 Å². The molecule has 0 N–H and O–H groups in total. The standard InChI is InChI=1S/C66H118O6/c1-4-7-10-13-16-19-22-24-26-27-28-29-30-31-32-33-34-35-36-37-38-39-41-42-44-47-50-53-56-59-65(68)71-62-63(61-70-64(67)58-55-52-49-46-21-18-15-12-9-6-3)72-66(69)60-57-54-51-48-45-43-40-25-23-20-17-14-11-8-5-2/h7,10,12,15-16,19,24,26,28-29,63H,4-6,8-9,11,13-14,17-18,20-23,25,27,30-62H2,1-3H3/b10-7-,15-12-,19-16-,26-24-,29-28-. The molecule has 0 fully saturated rings. The predicted molar refractivity (Wildman–Crippen MR) is 312 cm³/mol. The molecule has 1 unspecified atom stereocenters. The Bertz CT molecular complexity index is 1290. The van der Waals surface area contributed by atoms with Crippen LogP contribution in [0.25, 0.3) is 0 Å². The van der Waals surface area contributed by atoms with Crippen molar-refractivity contribution in [1.29, 1.82) is 0 Å². The Labute approximate surface area is 447 Å². The van der Waals surface area contributed by atoms with E-state index in [1.165, 1.54) is 186 Å². The van der Waals surface area contributed by atoms with Gasteiger partial charge in [-0.25, -0.2) is 0 Å². The number of hydrogen-bond acceptors (Lipinski definition) is 6. The molecule has 0 spiro atoms. The molecular formula is C66H118O6. The average Bonchev–Trinajstić information content (AvgIpc) is 3.38. The van der Waals surface area contributed by atoms with Crippen LogP contribution in [-0.2, 0) is 28.6 Å². The molecule has 72 heavy (non-hydrogen) atoms. The topological polar surface area (TPSA) is 78.9 Å². The number of hydrogen-bond donors (Lipinski definition) is 0. The Balaban J connectivity index is 4.12. The first kappa shape index (κ1) is 69.1. The summed E-state index contributed by atoms with van der Waals surface area (Å²) in [5.41, 5.74) is 0. The average molecular weight is 1010 g/mol. The maximum Gasteiger partial charge on any atom is 0.306 e. The first-order valence-electron chi connectivity index (χ1n) is 31.3. The summed E-state index contributed by atoms with van der Waals surface area (Å²) in [5.74, 6) is -0.866. The van der Waals surface area contributed by atoms with Crippen molar-refractivity contribution in [3.8, 4) is 0 Å². The molecule has 0 aromatic heterocycles. The lowest BCUT2D eigenvalue weighted by Gasteiger charge is -2.18. The van der Waals surface area contributed by atoms with Gasteiger partial charge in [-0.2, -0.15) is 0 Å². The predicted octanol–water partition coefficient (Wildman–Crippen LogP) is 21.2. The highest BCUT2D eigenvalue weighted by molar-refractivity contribution is 5.71. The lowest BCUT2D eigenvalue weighted by molar-refractivity contribution is -0.167. The van der Waals surface area contributed by atoms with Crippen LogP contribution in [0.5, 0.6) is 0 Å². The summed E-state index contributed by atoms with van der Waals surface area (Å²) in [4.78, 5) is 38.1. The summed E-state index contributed by atoms with van der Waals surface area (Å²) >= 11 is 0. The maximum absolute atomic E-state index is 12.8. The number of ether oxygens (including phenoxy) is 3. The molecule has 0 aliphatic carbocycles. The Morgan fingerprint density at radius 2 is 0.569 bits per heavy atom. The minimum Gasteiger partial charge on any atom is -0.462 e. The second-order valence-electron chi connectivity index (χ2n) is 20.9. The lowest BCUT2D eigenvalue weighted by Crippen LogP contribution is -2.30. The largest absolute Gasteiger partial charge is 0.462 e. The fourth-order valence-corrected chi connectivity index (χ4v) is 9.09. The van der Waals surface area contributed by atoms with Gasteiger partial charge in [0, 0.05) is 19.3 Å². The summed E-state index contributed by atoms with van der Waals surface area (Å²) in [5, 5.41) is 0. The van der Waals surface area contributed by atoms with Crippen LogP contribution in [0.1, 0.15) is 323 Å². The minimum atomic E-state index is -0.773. The van der Waals surface area contributed by atoms with Gasteiger partial charge in [0.1, 0.15) is 13.2 Å². The van der Waals surface area contributed by atoms with Gasteiger partial charge in [-0.1, -0.05) is 287 Å². The Morgan fingerprint density at radius 1 is 0.292 bits per heavy atom. The van der Waals surface area contributed by atoms with Gasteiger partial charge in [0.25, 0.3) is 0 Å². The molecule has 0 aliphatic rings. The molecule has 6 heteroatoms. The molecule has 418 valence electrons. The molecule has 0 aromatic carbocycles. The molecular weight excluding hydrogens is 889 g/mol. The molecule has 1 atom stereocenters. The van der Waals surface area contributed by atoms with E-state index in [4.69, 9.17) is 14.2 Å². The van der Waals surface area contributed by atoms with Gasteiger partial charge in [0.2, 0.25) is 0 Å². The van der Waals surface area contributed by atoms with Gasteiger partial charge in [-0.15, -0.1) is 0 Å². The van der Waals surface area contributed by atoms with Gasteiger partial charge in [0.05, 0.1) is 0 Å². The summed E-state index contributed by atoms with van der Waals surface area (Å²) in [7, 11) is 0. The van der Waals surface area contributed by atoms with Crippen LogP contribution >= 0.6 is 0 Å². The van der Waals surface area contributed by atoms with Gasteiger partial charge in [-0.05, 0) is 77.0 Å². The molecule has 0 saturated heterocycles. The molecule has 0 rings (SSSR count). The second-order valence-corrected chi connectivity index (χ2v) is 20.9. The van der Waals surface area contributed by atoms with Gasteiger partial charge < -0.3 is 14.2 Å². The zero-order valence-corrected chi connectivity index (χ0v) is 47.9. The number of esters is 3. The van der Waals surface area contributed by atoms with Crippen molar-refractivity contribution >= 4 is 17.9 Å². The second kappa shape index (κ2) is 60.7. The highest BCUT2D eigenvalue weighted by Crippen LogP contribution is 2.17. The fraction of sp³-hybridized carbons (Fsp3) is 0.803. The van der Waals surface area contributed by atoms with E-state index >= 15 is 0 Å². The Hall–Kier alpha value is -2.89. The van der Waals surface area contributed by atoms with Crippen LogP contribution < -0.4 is 0 Å². The summed E-state index contributed by atoms with van der Waals surface area (Å²) in [6.07, 6.45) is 76.7. The molecule has 0 saturated carbocycles. The Morgan fingerprint density at radius 3 is 0.917 bits per heavy atom. The fourth-order valence-electron chi connectivity index (χ4n) is 9.09. The van der Waals surface area contributed by atoms with Crippen LogP contribution in [-0.4, -0.2) is 37.2 Å². The molecule has 0 heterocycles. The van der Waals surface area contributed by atoms with Crippen LogP contribution in [0, 0.1) is 0 Å². The van der Waals surface area contributed by atoms with Crippen molar-refractivity contribution in [2.45, 2.75) is 329 Å². The molecule has 0 amide bonds. The van der Waals surface area contributed by atoms with Crippen molar-refractivity contribution in [3.05, 3.63) is 60.8 Å². The van der Waals surface area contributed by atoms with Crippen LogP contribution in [0.4, 0.5) is 0 Å². The summed E-state index contributed by atoms with van der Waals surface area (Å²) < 4.78 is 16.9. The van der Waals surface area contributed by atoms with Gasteiger partial charge in [0.15, 0.2) is 6.10 Å². The number of carbonyl (C=O) groups is 3. The number of allylic oxidation sites excluding steroid dienone is 10. The van der Waals surface area contributed by atoms with E-state index in [2.05, 4.69) is 81.5 Å². The van der Waals surface area contributed by atoms with E-state index < -0.39 is 6.10 Å². The molecule has 0 aliphatic heterocycles. The molecule has 6 nitrogen and oxygen atoms in total. The SMILES string of the molecule is CC/C=C\C/C=C\C/C=C\C/C=C\CCCCCCCCCCCCCCCCCCC(=O)OCC(COC(=O)CCCCCCC/C=C\CCC)OC(=O)CCCCCCCCCCCCCCCCC. The normalized spacial score (nSPS) is 12.4. The molecule has 0 aromatic rings. The van der Waals surface area contributed by atoms with E-state index in [1.807, 2.05) is 0 Å². The zero-order chi connectivity index (χ0) is 52.2. The summed E-state index contributed by atoms with van der Waals surface area (Å²) in [6, 6.07) is 0. The quantitative estimate of drug-likeness (QED) is 0.0261. The third kappa shape index (κ3) is 58.0. The van der Waals surface area contributed by atoms with E-state index in [0.29, 0.717) is 19.3 Å². The van der Waals surface area contributed by atoms with Crippen LogP contribution in [0.3, 0.4) is 0 Å². The number of carbonyl (C=O) groups excluding carboxylic acids is 3. The molecule has 0 radical (unpaired) electrons. The van der Waals surface area contributed by atoms with Crippen molar-refractivity contribution in [2.75, 3.05) is 13.2 Å². The third-order valence-corrected chi connectivity index (χ3v) is 13.7. The minimum absolute atomic E-state index is 0.0722. The van der Waals surface area contributed by atoms with Crippen molar-refractivity contribution in [2.24, 2.45) is 0 Å². The summed E-state index contributed by atoms with van der Waals surface area (Å²) in [6.45, 7) is 6.50. The van der Waals surface area contributed by atoms with Crippen molar-refractivity contribution in [1.82, 2.24) is 0 Å². The van der Waals surface area contributed by atoms with Crippen LogP contribution in [0.15, 0.2) is 60.8 Å². The molecule has 0 bridgehead atoms. The highest BCUT2D eigenvalue weighted by Gasteiger charge is 2.19. The number of unbranched alkanes of at least 4 members (excludes halogenated alkanes) is 36.